The van der Waals surface area contributed by atoms with Crippen LogP contribution in [0.1, 0.15) is 205 Å². The SMILES string of the molecule is CCCCCCCC/C=C\CCCCCCCCc1cccc(Nc2ccccc2)c1CCCCCCCC/C=C\CCCCCCCC. The molecule has 0 spiro atoms. The van der Waals surface area contributed by atoms with E-state index in [-0.39, 0.29) is 0 Å². The van der Waals surface area contributed by atoms with E-state index in [1.807, 2.05) is 0 Å². The van der Waals surface area contributed by atoms with Crippen LogP contribution in [0.25, 0.3) is 0 Å². The first kappa shape index (κ1) is 42.9. The van der Waals surface area contributed by atoms with Gasteiger partial charge >= 0.3 is 0 Å². The molecule has 1 heteroatoms. The lowest BCUT2D eigenvalue weighted by molar-refractivity contribution is 0.589. The van der Waals surface area contributed by atoms with Crippen molar-refractivity contribution in [2.45, 2.75) is 206 Å². The minimum Gasteiger partial charge on any atom is -0.355 e. The molecule has 0 saturated carbocycles. The average molecular weight is 670 g/mol. The molecular weight excluding hydrogens is 591 g/mol. The van der Waals surface area contributed by atoms with E-state index in [0.717, 1.165) is 0 Å². The lowest BCUT2D eigenvalue weighted by Gasteiger charge is -2.17. The summed E-state index contributed by atoms with van der Waals surface area (Å²) in [5, 5.41) is 3.76. The van der Waals surface area contributed by atoms with Gasteiger partial charge < -0.3 is 5.32 Å². The first-order chi connectivity index (χ1) is 24.3. The highest BCUT2D eigenvalue weighted by Gasteiger charge is 2.09. The molecule has 0 amide bonds. The molecule has 2 rings (SSSR count). The van der Waals surface area contributed by atoms with Crippen LogP contribution < -0.4 is 5.32 Å². The van der Waals surface area contributed by atoms with Crippen LogP contribution in [0.3, 0.4) is 0 Å². The van der Waals surface area contributed by atoms with E-state index >= 15 is 0 Å². The molecule has 0 aliphatic heterocycles. The molecule has 0 radical (unpaired) electrons. The number of unbranched alkanes of at least 4 members (excludes halogenated alkanes) is 24. The highest BCUT2D eigenvalue weighted by atomic mass is 14.9. The second-order valence-corrected chi connectivity index (χ2v) is 14.8. The van der Waals surface area contributed by atoms with Gasteiger partial charge in [-0.2, -0.15) is 0 Å². The minimum absolute atomic E-state index is 1.19. The van der Waals surface area contributed by atoms with Crippen molar-refractivity contribution in [3.8, 4) is 0 Å². The number of para-hydroxylation sites is 1. The third-order valence-corrected chi connectivity index (χ3v) is 10.2. The maximum atomic E-state index is 3.76. The summed E-state index contributed by atoms with van der Waals surface area (Å²) in [4.78, 5) is 0. The van der Waals surface area contributed by atoms with Gasteiger partial charge in [-0.1, -0.05) is 184 Å². The summed E-state index contributed by atoms with van der Waals surface area (Å²) in [6.45, 7) is 4.59. The largest absolute Gasteiger partial charge is 0.355 e. The zero-order valence-corrected chi connectivity index (χ0v) is 32.6. The van der Waals surface area contributed by atoms with Crippen LogP contribution in [-0.2, 0) is 12.8 Å². The molecule has 0 unspecified atom stereocenters. The summed E-state index contributed by atoms with van der Waals surface area (Å²) in [5.41, 5.74) is 5.65. The van der Waals surface area contributed by atoms with E-state index in [9.17, 15) is 0 Å². The van der Waals surface area contributed by atoms with Gasteiger partial charge in [0.1, 0.15) is 0 Å². The Morgan fingerprint density at radius 3 is 1.27 bits per heavy atom. The van der Waals surface area contributed by atoms with Crippen molar-refractivity contribution in [1.82, 2.24) is 0 Å². The molecule has 0 saturated heterocycles. The molecule has 0 aliphatic carbocycles. The smallest absolute Gasteiger partial charge is 0.0419 e. The molecule has 0 aromatic heterocycles. The first-order valence-corrected chi connectivity index (χ1v) is 21.6. The third kappa shape index (κ3) is 24.5. The maximum Gasteiger partial charge on any atom is 0.0419 e. The first-order valence-electron chi connectivity index (χ1n) is 21.6. The molecule has 1 N–H and O–H groups in total. The second kappa shape index (κ2) is 32.9. The molecule has 276 valence electrons. The predicted molar refractivity (Wildman–Crippen MR) is 222 cm³/mol. The second-order valence-electron chi connectivity index (χ2n) is 14.8. The Morgan fingerprint density at radius 1 is 0.388 bits per heavy atom. The molecule has 0 aliphatic rings. The molecule has 2 aromatic rings. The van der Waals surface area contributed by atoms with Crippen molar-refractivity contribution < 1.29 is 0 Å². The fourth-order valence-corrected chi connectivity index (χ4v) is 7.07. The number of aryl methyl sites for hydroxylation is 1. The molecular formula is C48H79N. The lowest BCUT2D eigenvalue weighted by Crippen LogP contribution is -2.02. The van der Waals surface area contributed by atoms with Crippen molar-refractivity contribution >= 4 is 11.4 Å². The Balaban J connectivity index is 1.62. The monoisotopic (exact) mass is 670 g/mol. The van der Waals surface area contributed by atoms with Crippen LogP contribution in [0, 0.1) is 0 Å². The number of hydrogen-bond acceptors (Lipinski definition) is 1. The normalized spacial score (nSPS) is 11.7. The van der Waals surface area contributed by atoms with Crippen LogP contribution in [0.5, 0.6) is 0 Å². The Bertz CT molecular complexity index is 1030. The summed E-state index contributed by atoms with van der Waals surface area (Å²) in [5.74, 6) is 0. The van der Waals surface area contributed by atoms with Gasteiger partial charge in [0, 0.05) is 11.4 Å². The number of benzene rings is 2. The van der Waals surface area contributed by atoms with Gasteiger partial charge in [-0.05, 0) is 106 Å². The van der Waals surface area contributed by atoms with Gasteiger partial charge in [0.25, 0.3) is 0 Å². The molecule has 0 bridgehead atoms. The summed E-state index contributed by atoms with van der Waals surface area (Å²) >= 11 is 0. The maximum absolute atomic E-state index is 3.76. The van der Waals surface area contributed by atoms with Crippen molar-refractivity contribution in [3.05, 3.63) is 84.0 Å². The molecule has 49 heavy (non-hydrogen) atoms. The van der Waals surface area contributed by atoms with Crippen LogP contribution in [0.4, 0.5) is 11.4 Å². The standard InChI is InChI=1S/C48H79N/c1-3-5-7-9-11-13-15-17-19-21-23-25-27-29-31-34-39-45-40-38-44-48(49-46-41-35-33-36-42-46)47(45)43-37-32-30-28-26-24-22-20-18-16-14-12-10-8-6-4-2/h17-20,33,35-36,38,40-42,44,49H,3-16,21-32,34,37,39,43H2,1-2H3/b19-17-,20-18-. The number of nitrogens with one attached hydrogen (secondary N) is 1. The Hall–Kier alpha value is -2.28. The van der Waals surface area contributed by atoms with E-state index < -0.39 is 0 Å². The van der Waals surface area contributed by atoms with Gasteiger partial charge in [-0.3, -0.25) is 0 Å². The summed E-state index contributed by atoms with van der Waals surface area (Å²) < 4.78 is 0. The lowest BCUT2D eigenvalue weighted by atomic mass is 9.94. The molecule has 0 atom stereocenters. The molecule has 0 fully saturated rings. The summed E-state index contributed by atoms with van der Waals surface area (Å²) in [6.07, 6.45) is 50.5. The Kier molecular flexibility index (Phi) is 28.8. The highest BCUT2D eigenvalue weighted by molar-refractivity contribution is 5.64. The fraction of sp³-hybridized carbons (Fsp3) is 0.667. The number of rotatable bonds is 34. The molecule has 2 aromatic carbocycles. The zero-order valence-electron chi connectivity index (χ0n) is 32.6. The van der Waals surface area contributed by atoms with Crippen molar-refractivity contribution in [1.29, 1.82) is 0 Å². The predicted octanol–water partition coefficient (Wildman–Crippen LogP) is 16.6. The number of allylic oxidation sites excluding steroid dienone is 4. The van der Waals surface area contributed by atoms with Gasteiger partial charge in [-0.15, -0.1) is 0 Å². The summed E-state index contributed by atoms with van der Waals surface area (Å²) in [7, 11) is 0. The van der Waals surface area contributed by atoms with Crippen molar-refractivity contribution in [2.24, 2.45) is 0 Å². The van der Waals surface area contributed by atoms with Gasteiger partial charge in [0.05, 0.1) is 0 Å². The van der Waals surface area contributed by atoms with E-state index in [0.29, 0.717) is 0 Å². The van der Waals surface area contributed by atoms with Gasteiger partial charge in [0.2, 0.25) is 0 Å². The quantitative estimate of drug-likeness (QED) is 0.0577. The number of anilines is 2. The van der Waals surface area contributed by atoms with E-state index in [1.165, 1.54) is 204 Å². The molecule has 1 nitrogen and oxygen atoms in total. The fourth-order valence-electron chi connectivity index (χ4n) is 7.07. The van der Waals surface area contributed by atoms with Crippen LogP contribution in [0.2, 0.25) is 0 Å². The van der Waals surface area contributed by atoms with Crippen LogP contribution >= 0.6 is 0 Å². The van der Waals surface area contributed by atoms with Crippen molar-refractivity contribution in [2.75, 3.05) is 5.32 Å². The Labute approximate surface area is 306 Å². The number of hydrogen-bond donors (Lipinski definition) is 1. The topological polar surface area (TPSA) is 12.0 Å². The third-order valence-electron chi connectivity index (χ3n) is 10.2. The minimum atomic E-state index is 1.19. The zero-order chi connectivity index (χ0) is 34.7. The van der Waals surface area contributed by atoms with Crippen molar-refractivity contribution in [3.63, 3.8) is 0 Å². The van der Waals surface area contributed by atoms with Gasteiger partial charge in [-0.25, -0.2) is 0 Å². The van der Waals surface area contributed by atoms with E-state index in [1.54, 1.807) is 11.1 Å². The van der Waals surface area contributed by atoms with Gasteiger partial charge in [0.15, 0.2) is 0 Å². The molecule has 0 heterocycles. The van der Waals surface area contributed by atoms with Crippen LogP contribution in [0.15, 0.2) is 72.8 Å². The summed E-state index contributed by atoms with van der Waals surface area (Å²) in [6, 6.07) is 17.7. The van der Waals surface area contributed by atoms with E-state index in [4.69, 9.17) is 0 Å². The highest BCUT2D eigenvalue weighted by Crippen LogP contribution is 2.28. The van der Waals surface area contributed by atoms with Crippen LogP contribution in [-0.4, -0.2) is 0 Å². The van der Waals surface area contributed by atoms with E-state index in [2.05, 4.69) is 92.0 Å². The average Bonchev–Trinajstić information content (AvgIpc) is 3.12. The Morgan fingerprint density at radius 2 is 0.796 bits per heavy atom.